The molecule has 1 amide bonds. The van der Waals surface area contributed by atoms with Gasteiger partial charge in [0.05, 0.1) is 12.1 Å². The Bertz CT molecular complexity index is 361. The fraction of sp³-hybridized carbons (Fsp3) is 0.875. The van der Waals surface area contributed by atoms with E-state index in [1.165, 1.54) is 19.3 Å². The molecule has 0 radical (unpaired) electrons. The minimum atomic E-state index is -0.407. The molecule has 1 aliphatic heterocycles. The van der Waals surface area contributed by atoms with Crippen molar-refractivity contribution in [3.8, 4) is 0 Å². The van der Waals surface area contributed by atoms with Crippen LogP contribution in [0.2, 0.25) is 0 Å². The van der Waals surface area contributed by atoms with Crippen LogP contribution in [-0.2, 0) is 9.59 Å². The topological polar surface area (TPSA) is 63.4 Å². The van der Waals surface area contributed by atoms with Gasteiger partial charge in [-0.1, -0.05) is 33.1 Å². The molecular weight excluding hydrogens is 252 g/mol. The van der Waals surface area contributed by atoms with Crippen LogP contribution >= 0.6 is 0 Å². The van der Waals surface area contributed by atoms with Crippen LogP contribution in [0.25, 0.3) is 0 Å². The minimum absolute atomic E-state index is 0.00778. The molecule has 4 heteroatoms. The molecule has 0 aromatic rings. The lowest BCUT2D eigenvalue weighted by Gasteiger charge is -2.32. The van der Waals surface area contributed by atoms with Crippen LogP contribution in [-0.4, -0.2) is 35.2 Å². The lowest BCUT2D eigenvalue weighted by molar-refractivity contribution is -0.140. The Morgan fingerprint density at radius 2 is 1.70 bits per heavy atom. The van der Waals surface area contributed by atoms with Gasteiger partial charge in [-0.15, -0.1) is 0 Å². The van der Waals surface area contributed by atoms with Crippen LogP contribution in [0.5, 0.6) is 0 Å². The normalized spacial score (nSPS) is 26.0. The van der Waals surface area contributed by atoms with Crippen LogP contribution in [0, 0.1) is 11.8 Å². The number of hydrogen-bond acceptors (Lipinski definition) is 3. The molecule has 0 unspecified atom stereocenters. The van der Waals surface area contributed by atoms with E-state index in [0.29, 0.717) is 12.5 Å². The highest BCUT2D eigenvalue weighted by Crippen LogP contribution is 2.28. The van der Waals surface area contributed by atoms with Gasteiger partial charge < -0.3 is 10.6 Å². The number of likely N-dealkylation sites (tertiary alicyclic amines) is 1. The third kappa shape index (κ3) is 3.22. The lowest BCUT2D eigenvalue weighted by Crippen LogP contribution is -2.52. The molecule has 2 aliphatic rings. The van der Waals surface area contributed by atoms with E-state index in [1.807, 2.05) is 13.8 Å². The smallest absolute Gasteiger partial charge is 0.240 e. The number of rotatable bonds is 4. The molecule has 4 nitrogen and oxygen atoms in total. The van der Waals surface area contributed by atoms with E-state index < -0.39 is 6.04 Å². The van der Waals surface area contributed by atoms with Gasteiger partial charge in [0.1, 0.15) is 0 Å². The summed E-state index contributed by atoms with van der Waals surface area (Å²) in [7, 11) is 0. The van der Waals surface area contributed by atoms with Crippen molar-refractivity contribution >= 4 is 11.7 Å². The molecule has 20 heavy (non-hydrogen) atoms. The second-order valence-corrected chi connectivity index (χ2v) is 6.67. The average molecular weight is 280 g/mol. The molecule has 1 aliphatic carbocycles. The van der Waals surface area contributed by atoms with Crippen LogP contribution in [0.1, 0.15) is 58.8 Å². The lowest BCUT2D eigenvalue weighted by atomic mass is 9.83. The Balaban J connectivity index is 2.01. The Morgan fingerprint density at radius 3 is 2.30 bits per heavy atom. The summed E-state index contributed by atoms with van der Waals surface area (Å²) in [6.07, 6.45) is 7.47. The average Bonchev–Trinajstić information content (AvgIpc) is 2.94. The molecular formula is C16H28N2O2. The largest absolute Gasteiger partial charge is 0.331 e. The van der Waals surface area contributed by atoms with E-state index >= 15 is 0 Å². The summed E-state index contributed by atoms with van der Waals surface area (Å²) in [5.41, 5.74) is 6.21. The van der Waals surface area contributed by atoms with Gasteiger partial charge in [0.25, 0.3) is 0 Å². The van der Waals surface area contributed by atoms with Crippen molar-refractivity contribution in [2.24, 2.45) is 17.6 Å². The number of nitrogens with two attached hydrogens (primary N) is 1. The van der Waals surface area contributed by atoms with E-state index in [-0.39, 0.29) is 23.7 Å². The third-order valence-corrected chi connectivity index (χ3v) is 4.88. The highest BCUT2D eigenvalue weighted by molar-refractivity contribution is 5.92. The Morgan fingerprint density at radius 1 is 1.05 bits per heavy atom. The van der Waals surface area contributed by atoms with Crippen molar-refractivity contribution in [1.29, 1.82) is 0 Å². The number of carbonyl (C=O) groups is 2. The number of amides is 1. The maximum Gasteiger partial charge on any atom is 0.240 e. The first kappa shape index (κ1) is 15.5. The van der Waals surface area contributed by atoms with Crippen LogP contribution in [0.4, 0.5) is 0 Å². The maximum atomic E-state index is 12.6. The van der Waals surface area contributed by atoms with Crippen molar-refractivity contribution in [2.75, 3.05) is 6.54 Å². The SMILES string of the molecule is CC(C)C(=O)[C@@H]1CCCN1C(=O)[C@@H](N)C1CCCCC1. The zero-order chi connectivity index (χ0) is 14.7. The zero-order valence-electron chi connectivity index (χ0n) is 12.8. The summed E-state index contributed by atoms with van der Waals surface area (Å²) in [5, 5.41) is 0. The highest BCUT2D eigenvalue weighted by atomic mass is 16.2. The van der Waals surface area contributed by atoms with E-state index in [9.17, 15) is 9.59 Å². The first-order chi connectivity index (χ1) is 9.52. The van der Waals surface area contributed by atoms with E-state index in [4.69, 9.17) is 5.73 Å². The monoisotopic (exact) mass is 280 g/mol. The highest BCUT2D eigenvalue weighted by Gasteiger charge is 2.38. The summed E-state index contributed by atoms with van der Waals surface area (Å²) in [4.78, 5) is 26.6. The van der Waals surface area contributed by atoms with Gasteiger partial charge in [0, 0.05) is 12.5 Å². The van der Waals surface area contributed by atoms with Crippen LogP contribution in [0.3, 0.4) is 0 Å². The van der Waals surface area contributed by atoms with E-state index in [1.54, 1.807) is 4.90 Å². The van der Waals surface area contributed by atoms with Crippen molar-refractivity contribution in [3.05, 3.63) is 0 Å². The van der Waals surface area contributed by atoms with Crippen LogP contribution < -0.4 is 5.73 Å². The first-order valence-electron chi connectivity index (χ1n) is 8.12. The number of ketones is 1. The summed E-state index contributed by atoms with van der Waals surface area (Å²) >= 11 is 0. The Labute approximate surface area is 122 Å². The minimum Gasteiger partial charge on any atom is -0.331 e. The number of Topliss-reactive ketones (excluding diaryl/α,β-unsaturated/α-hetero) is 1. The summed E-state index contributed by atoms with van der Waals surface area (Å²) < 4.78 is 0. The van der Waals surface area contributed by atoms with E-state index in [0.717, 1.165) is 25.7 Å². The molecule has 114 valence electrons. The van der Waals surface area contributed by atoms with Gasteiger partial charge in [-0.25, -0.2) is 0 Å². The van der Waals surface area contributed by atoms with Gasteiger partial charge in [0.15, 0.2) is 5.78 Å². The second kappa shape index (κ2) is 6.70. The van der Waals surface area contributed by atoms with Crippen molar-refractivity contribution in [2.45, 2.75) is 70.9 Å². The molecule has 2 atom stereocenters. The molecule has 2 fully saturated rings. The number of nitrogens with zero attached hydrogens (tertiary/aromatic N) is 1. The van der Waals surface area contributed by atoms with Crippen molar-refractivity contribution < 1.29 is 9.59 Å². The molecule has 1 saturated carbocycles. The Hall–Kier alpha value is -0.900. The predicted molar refractivity (Wildman–Crippen MR) is 79.1 cm³/mol. The summed E-state index contributed by atoms with van der Waals surface area (Å²) in [6, 6.07) is -0.631. The molecule has 0 bridgehead atoms. The fourth-order valence-corrected chi connectivity index (χ4v) is 3.60. The van der Waals surface area contributed by atoms with Gasteiger partial charge >= 0.3 is 0 Å². The fourth-order valence-electron chi connectivity index (χ4n) is 3.60. The van der Waals surface area contributed by atoms with Crippen molar-refractivity contribution in [1.82, 2.24) is 4.90 Å². The summed E-state index contributed by atoms with van der Waals surface area (Å²) in [6.45, 7) is 4.51. The van der Waals surface area contributed by atoms with Gasteiger partial charge in [-0.3, -0.25) is 9.59 Å². The molecule has 1 saturated heterocycles. The standard InChI is InChI=1S/C16H28N2O2/c1-11(2)15(19)13-9-6-10-18(13)16(20)14(17)12-7-4-3-5-8-12/h11-14H,3-10,17H2,1-2H3/t13-,14-/m0/s1. The number of hydrogen-bond donors (Lipinski definition) is 1. The van der Waals surface area contributed by atoms with E-state index in [2.05, 4.69) is 0 Å². The second-order valence-electron chi connectivity index (χ2n) is 6.67. The molecule has 0 aromatic heterocycles. The first-order valence-corrected chi connectivity index (χ1v) is 8.12. The van der Waals surface area contributed by atoms with Crippen molar-refractivity contribution in [3.63, 3.8) is 0 Å². The molecule has 2 rings (SSSR count). The molecule has 0 spiro atoms. The molecule has 1 heterocycles. The zero-order valence-corrected chi connectivity index (χ0v) is 12.8. The molecule has 0 aromatic carbocycles. The maximum absolute atomic E-state index is 12.6. The number of carbonyl (C=O) groups excluding carboxylic acids is 2. The quantitative estimate of drug-likeness (QED) is 0.858. The summed E-state index contributed by atoms with van der Waals surface area (Å²) in [5.74, 6) is 0.492. The third-order valence-electron chi connectivity index (χ3n) is 4.88. The van der Waals surface area contributed by atoms with Gasteiger partial charge in [-0.05, 0) is 31.6 Å². The van der Waals surface area contributed by atoms with Crippen LogP contribution in [0.15, 0.2) is 0 Å². The Kier molecular flexibility index (Phi) is 5.19. The van der Waals surface area contributed by atoms with Gasteiger partial charge in [-0.2, -0.15) is 0 Å². The predicted octanol–water partition coefficient (Wildman–Crippen LogP) is 2.11. The molecule has 2 N–H and O–H groups in total. The van der Waals surface area contributed by atoms with Gasteiger partial charge in [0.2, 0.25) is 5.91 Å².